The third-order valence-electron chi connectivity index (χ3n) is 2.95. The Bertz CT molecular complexity index is 573. The molecule has 0 aliphatic rings. The summed E-state index contributed by atoms with van der Waals surface area (Å²) in [6, 6.07) is 1.53. The largest absolute Gasteiger partial charge is 0.481 e. The van der Waals surface area contributed by atoms with Crippen LogP contribution in [-0.2, 0) is 4.79 Å². The molecule has 0 saturated carbocycles. The average Bonchev–Trinajstić information content (AvgIpc) is 2.93. The zero-order chi connectivity index (χ0) is 14.0. The Balaban J connectivity index is 2.39. The Morgan fingerprint density at radius 3 is 2.79 bits per heavy atom. The van der Waals surface area contributed by atoms with Gasteiger partial charge in [0, 0.05) is 0 Å². The third-order valence-corrected chi connectivity index (χ3v) is 2.95. The smallest absolute Gasteiger partial charge is 0.305 e. The van der Waals surface area contributed by atoms with Crippen molar-refractivity contribution in [1.29, 1.82) is 0 Å². The van der Waals surface area contributed by atoms with Crippen LogP contribution in [0.25, 0.3) is 11.4 Å². The molecule has 0 spiro atoms. The van der Waals surface area contributed by atoms with Gasteiger partial charge in [-0.25, -0.2) is 4.68 Å². The van der Waals surface area contributed by atoms with Crippen molar-refractivity contribution in [3.05, 3.63) is 18.1 Å². The monoisotopic (exact) mass is 264 g/mol. The van der Waals surface area contributed by atoms with E-state index in [-0.39, 0.29) is 18.4 Å². The third kappa shape index (κ3) is 2.81. The average molecular weight is 264 g/mol. The minimum atomic E-state index is -0.872. The zero-order valence-corrected chi connectivity index (χ0v) is 11.1. The van der Waals surface area contributed by atoms with E-state index in [1.165, 1.54) is 0 Å². The normalized spacial score (nSPS) is 12.8. The van der Waals surface area contributed by atoms with Gasteiger partial charge in [-0.2, -0.15) is 0 Å². The first-order valence-corrected chi connectivity index (χ1v) is 6.04. The van der Waals surface area contributed by atoms with Gasteiger partial charge < -0.3 is 9.52 Å². The summed E-state index contributed by atoms with van der Waals surface area (Å²) < 4.78 is 6.80. The highest BCUT2D eigenvalue weighted by Gasteiger charge is 2.24. The number of nitrogens with zero attached hydrogens (tertiary/aromatic N) is 4. The van der Waals surface area contributed by atoms with E-state index in [4.69, 9.17) is 9.52 Å². The lowest BCUT2D eigenvalue weighted by molar-refractivity contribution is -0.138. The molecule has 0 radical (unpaired) electrons. The maximum absolute atomic E-state index is 11.0. The Morgan fingerprint density at radius 2 is 2.26 bits per heavy atom. The van der Waals surface area contributed by atoms with E-state index in [1.807, 2.05) is 26.8 Å². The zero-order valence-electron chi connectivity index (χ0n) is 11.1. The summed E-state index contributed by atoms with van der Waals surface area (Å²) in [7, 11) is 0. The molecule has 0 aliphatic heterocycles. The lowest BCUT2D eigenvalue weighted by Crippen LogP contribution is -2.21. The van der Waals surface area contributed by atoms with Crippen LogP contribution in [-0.4, -0.2) is 31.3 Å². The molecule has 0 aliphatic carbocycles. The highest BCUT2D eigenvalue weighted by atomic mass is 16.4. The molecular weight excluding hydrogens is 248 g/mol. The topological polar surface area (TPSA) is 94.0 Å². The van der Waals surface area contributed by atoms with Gasteiger partial charge in [-0.15, -0.1) is 5.10 Å². The molecule has 1 unspecified atom stereocenters. The maximum atomic E-state index is 11.0. The van der Waals surface area contributed by atoms with Crippen molar-refractivity contribution in [3.8, 4) is 11.4 Å². The summed E-state index contributed by atoms with van der Waals surface area (Å²) in [6.07, 6.45) is 1.54. The van der Waals surface area contributed by atoms with E-state index in [2.05, 4.69) is 15.5 Å². The highest BCUT2D eigenvalue weighted by Crippen LogP contribution is 2.27. The SMILES string of the molecule is Cc1cc(-c2nnnn2C(CC(=O)O)C(C)C)co1. The fraction of sp³-hybridized carbons (Fsp3) is 0.500. The summed E-state index contributed by atoms with van der Waals surface area (Å²) in [5.74, 6) is 0.510. The van der Waals surface area contributed by atoms with Crippen molar-refractivity contribution < 1.29 is 14.3 Å². The van der Waals surface area contributed by atoms with Gasteiger partial charge in [-0.05, 0) is 29.3 Å². The molecular formula is C12H16N4O3. The van der Waals surface area contributed by atoms with Crippen molar-refractivity contribution in [2.75, 3.05) is 0 Å². The molecule has 7 nitrogen and oxygen atoms in total. The molecule has 2 aromatic heterocycles. The summed E-state index contributed by atoms with van der Waals surface area (Å²) in [6.45, 7) is 5.72. The van der Waals surface area contributed by atoms with E-state index in [9.17, 15) is 4.79 Å². The van der Waals surface area contributed by atoms with Gasteiger partial charge >= 0.3 is 5.97 Å². The number of carbonyl (C=O) groups is 1. The molecule has 2 rings (SSSR count). The Labute approximate surface area is 110 Å². The molecule has 1 atom stereocenters. The second-order valence-electron chi connectivity index (χ2n) is 4.80. The van der Waals surface area contributed by atoms with Gasteiger partial charge in [-0.1, -0.05) is 13.8 Å². The Morgan fingerprint density at radius 1 is 1.53 bits per heavy atom. The quantitative estimate of drug-likeness (QED) is 0.886. The fourth-order valence-corrected chi connectivity index (χ4v) is 1.95. The van der Waals surface area contributed by atoms with E-state index in [0.29, 0.717) is 5.82 Å². The predicted molar refractivity (Wildman–Crippen MR) is 66.4 cm³/mol. The second kappa shape index (κ2) is 5.21. The molecule has 0 saturated heterocycles. The molecule has 102 valence electrons. The molecule has 2 heterocycles. The molecule has 0 fully saturated rings. The summed E-state index contributed by atoms with van der Waals surface area (Å²) in [5, 5.41) is 20.5. The van der Waals surface area contributed by atoms with Crippen molar-refractivity contribution in [2.24, 2.45) is 5.92 Å². The van der Waals surface area contributed by atoms with Crippen LogP contribution in [0.4, 0.5) is 0 Å². The Kier molecular flexibility index (Phi) is 3.64. The van der Waals surface area contributed by atoms with Gasteiger partial charge in [-0.3, -0.25) is 4.79 Å². The molecule has 0 amide bonds. The first-order chi connectivity index (χ1) is 8.99. The van der Waals surface area contributed by atoms with Crippen LogP contribution in [0.3, 0.4) is 0 Å². The van der Waals surface area contributed by atoms with E-state index in [1.54, 1.807) is 10.9 Å². The molecule has 0 bridgehead atoms. The number of rotatable bonds is 5. The lowest BCUT2D eigenvalue weighted by Gasteiger charge is -2.19. The summed E-state index contributed by atoms with van der Waals surface area (Å²) >= 11 is 0. The number of aryl methyl sites for hydroxylation is 1. The van der Waals surface area contributed by atoms with E-state index in [0.717, 1.165) is 11.3 Å². The number of carboxylic acid groups (broad SMARTS) is 1. The summed E-state index contributed by atoms with van der Waals surface area (Å²) in [5.41, 5.74) is 0.749. The molecule has 1 N–H and O–H groups in total. The van der Waals surface area contributed by atoms with Crippen molar-refractivity contribution in [2.45, 2.75) is 33.2 Å². The standard InChI is InChI=1S/C12H16N4O3/c1-7(2)10(5-11(17)18)16-12(13-14-15-16)9-4-8(3)19-6-9/h4,6-7,10H,5H2,1-3H3,(H,17,18). The Hall–Kier alpha value is -2.18. The van der Waals surface area contributed by atoms with Gasteiger partial charge in [0.1, 0.15) is 12.0 Å². The van der Waals surface area contributed by atoms with Gasteiger partial charge in [0.15, 0.2) is 5.82 Å². The fourth-order valence-electron chi connectivity index (χ4n) is 1.95. The first-order valence-electron chi connectivity index (χ1n) is 6.04. The minimum absolute atomic E-state index is 0.0213. The van der Waals surface area contributed by atoms with Crippen molar-refractivity contribution in [1.82, 2.24) is 20.2 Å². The van der Waals surface area contributed by atoms with Crippen molar-refractivity contribution >= 4 is 5.97 Å². The van der Waals surface area contributed by atoms with Gasteiger partial charge in [0.2, 0.25) is 0 Å². The number of aliphatic carboxylic acids is 1. The van der Waals surface area contributed by atoms with Crippen LogP contribution in [0.15, 0.2) is 16.7 Å². The van der Waals surface area contributed by atoms with Gasteiger partial charge in [0.25, 0.3) is 0 Å². The predicted octanol–water partition coefficient (Wildman–Crippen LogP) is 1.91. The second-order valence-corrected chi connectivity index (χ2v) is 4.80. The number of hydrogen-bond donors (Lipinski definition) is 1. The van der Waals surface area contributed by atoms with Crippen LogP contribution >= 0.6 is 0 Å². The number of furan rings is 1. The van der Waals surface area contributed by atoms with Crippen LogP contribution < -0.4 is 0 Å². The van der Waals surface area contributed by atoms with E-state index < -0.39 is 5.97 Å². The highest BCUT2D eigenvalue weighted by molar-refractivity contribution is 5.67. The van der Waals surface area contributed by atoms with Crippen molar-refractivity contribution in [3.63, 3.8) is 0 Å². The minimum Gasteiger partial charge on any atom is -0.481 e. The number of carboxylic acids is 1. The number of hydrogen-bond acceptors (Lipinski definition) is 5. The lowest BCUT2D eigenvalue weighted by atomic mass is 10.0. The van der Waals surface area contributed by atoms with Crippen LogP contribution in [0.5, 0.6) is 0 Å². The molecule has 2 aromatic rings. The molecule has 7 heteroatoms. The van der Waals surface area contributed by atoms with E-state index >= 15 is 0 Å². The first kappa shape index (κ1) is 13.3. The number of aromatic nitrogens is 4. The summed E-state index contributed by atoms with van der Waals surface area (Å²) in [4.78, 5) is 11.0. The molecule has 0 aromatic carbocycles. The van der Waals surface area contributed by atoms with Crippen LogP contribution in [0.2, 0.25) is 0 Å². The van der Waals surface area contributed by atoms with Crippen LogP contribution in [0.1, 0.15) is 32.1 Å². The maximum Gasteiger partial charge on any atom is 0.305 e. The van der Waals surface area contributed by atoms with Crippen LogP contribution in [0, 0.1) is 12.8 Å². The van der Waals surface area contributed by atoms with Gasteiger partial charge in [0.05, 0.1) is 18.0 Å². The number of tetrazole rings is 1. The molecule has 19 heavy (non-hydrogen) atoms.